The zero-order valence-corrected chi connectivity index (χ0v) is 10.5. The van der Waals surface area contributed by atoms with E-state index in [0.717, 1.165) is 0 Å². The van der Waals surface area contributed by atoms with Crippen LogP contribution in [0.3, 0.4) is 0 Å². The number of aliphatic hydroxyl groups is 2. The maximum atomic E-state index is 11.1. The fourth-order valence-electron chi connectivity index (χ4n) is 0.955. The number of hydrogen-bond acceptors (Lipinski definition) is 5. The number of ether oxygens (including phenoxy) is 2. The summed E-state index contributed by atoms with van der Waals surface area (Å²) in [6.07, 6.45) is -0.903. The third-order valence-corrected chi connectivity index (χ3v) is 2.19. The second-order valence-corrected chi connectivity index (χ2v) is 4.28. The summed E-state index contributed by atoms with van der Waals surface area (Å²) in [6.45, 7) is 4.93. The first-order valence-electron chi connectivity index (χ1n) is 5.13. The molecule has 0 bridgehead atoms. The molecule has 0 saturated heterocycles. The van der Waals surface area contributed by atoms with Gasteiger partial charge in [-0.25, -0.2) is 0 Å². The van der Waals surface area contributed by atoms with Crippen LogP contribution in [-0.4, -0.2) is 46.7 Å². The normalized spacial score (nSPS) is 15.6. The Morgan fingerprint density at radius 3 is 2.50 bits per heavy atom. The average molecular weight is 255 g/mol. The van der Waals surface area contributed by atoms with Gasteiger partial charge in [0.1, 0.15) is 0 Å². The molecule has 2 atom stereocenters. The van der Waals surface area contributed by atoms with Crippen molar-refractivity contribution in [1.82, 2.24) is 0 Å². The SMILES string of the molecule is CCOC(=O)C(Cl)C(O)CCOC(C)(C)O. The maximum absolute atomic E-state index is 11.1. The summed E-state index contributed by atoms with van der Waals surface area (Å²) in [6, 6.07) is 0. The summed E-state index contributed by atoms with van der Waals surface area (Å²) < 4.78 is 9.63. The molecule has 0 spiro atoms. The molecule has 0 heterocycles. The van der Waals surface area contributed by atoms with Crippen molar-refractivity contribution in [2.45, 2.75) is 44.5 Å². The van der Waals surface area contributed by atoms with Crippen molar-refractivity contribution in [2.75, 3.05) is 13.2 Å². The molecule has 0 aliphatic carbocycles. The minimum atomic E-state index is -1.26. The van der Waals surface area contributed by atoms with Gasteiger partial charge in [0.25, 0.3) is 0 Å². The van der Waals surface area contributed by atoms with Gasteiger partial charge in [0, 0.05) is 0 Å². The Morgan fingerprint density at radius 1 is 1.50 bits per heavy atom. The first-order chi connectivity index (χ1) is 7.28. The molecule has 0 aliphatic heterocycles. The Balaban J connectivity index is 3.88. The summed E-state index contributed by atoms with van der Waals surface area (Å²) in [5.41, 5.74) is 0. The predicted octanol–water partition coefficient (Wildman–Crippen LogP) is 0.653. The van der Waals surface area contributed by atoms with Gasteiger partial charge in [0.05, 0.1) is 19.3 Å². The lowest BCUT2D eigenvalue weighted by Gasteiger charge is -2.20. The minimum absolute atomic E-state index is 0.104. The highest BCUT2D eigenvalue weighted by molar-refractivity contribution is 6.30. The predicted molar refractivity (Wildman–Crippen MR) is 59.1 cm³/mol. The highest BCUT2D eigenvalue weighted by atomic mass is 35.5. The number of hydrogen-bond donors (Lipinski definition) is 2. The molecular formula is C10H19ClO5. The molecule has 0 aliphatic rings. The number of esters is 1. The highest BCUT2D eigenvalue weighted by Crippen LogP contribution is 2.11. The Bertz CT molecular complexity index is 214. The second-order valence-electron chi connectivity index (χ2n) is 3.81. The van der Waals surface area contributed by atoms with Gasteiger partial charge in [-0.1, -0.05) is 0 Å². The van der Waals surface area contributed by atoms with E-state index >= 15 is 0 Å². The molecule has 2 unspecified atom stereocenters. The van der Waals surface area contributed by atoms with E-state index in [1.165, 1.54) is 13.8 Å². The average Bonchev–Trinajstić information content (AvgIpc) is 2.14. The van der Waals surface area contributed by atoms with Crippen molar-refractivity contribution < 1.29 is 24.5 Å². The number of alkyl halides is 1. The van der Waals surface area contributed by atoms with Crippen molar-refractivity contribution in [3.8, 4) is 0 Å². The summed E-state index contributed by atoms with van der Waals surface area (Å²) in [5, 5.41) is 17.6. The van der Waals surface area contributed by atoms with Gasteiger partial charge in [-0.05, 0) is 27.2 Å². The molecule has 0 saturated carbocycles. The number of rotatable bonds is 7. The zero-order chi connectivity index (χ0) is 12.8. The van der Waals surface area contributed by atoms with Gasteiger partial charge in [-0.15, -0.1) is 11.6 Å². The Kier molecular flexibility index (Phi) is 6.90. The van der Waals surface area contributed by atoms with Crippen LogP contribution < -0.4 is 0 Å². The summed E-state index contributed by atoms with van der Waals surface area (Å²) in [7, 11) is 0. The van der Waals surface area contributed by atoms with E-state index in [2.05, 4.69) is 4.74 Å². The number of halogens is 1. The molecule has 0 amide bonds. The van der Waals surface area contributed by atoms with Gasteiger partial charge in [0.2, 0.25) is 0 Å². The fourth-order valence-corrected chi connectivity index (χ4v) is 1.14. The molecule has 5 nitrogen and oxygen atoms in total. The van der Waals surface area contributed by atoms with Crippen LogP contribution in [0.25, 0.3) is 0 Å². The van der Waals surface area contributed by atoms with E-state index < -0.39 is 23.2 Å². The topological polar surface area (TPSA) is 76.0 Å². The first-order valence-corrected chi connectivity index (χ1v) is 5.56. The summed E-state index contributed by atoms with van der Waals surface area (Å²) >= 11 is 5.67. The van der Waals surface area contributed by atoms with Gasteiger partial charge in [-0.3, -0.25) is 4.79 Å². The smallest absolute Gasteiger partial charge is 0.326 e. The molecule has 0 aromatic rings. The lowest BCUT2D eigenvalue weighted by Crippen LogP contribution is -2.33. The third kappa shape index (κ3) is 7.00. The van der Waals surface area contributed by atoms with E-state index in [4.69, 9.17) is 16.3 Å². The molecule has 0 fully saturated rings. The molecule has 96 valence electrons. The number of carbonyl (C=O) groups excluding carboxylic acids is 1. The molecule has 16 heavy (non-hydrogen) atoms. The quantitative estimate of drug-likeness (QED) is 0.396. The van der Waals surface area contributed by atoms with Crippen LogP contribution in [0.1, 0.15) is 27.2 Å². The second kappa shape index (κ2) is 7.06. The van der Waals surface area contributed by atoms with Gasteiger partial charge < -0.3 is 19.7 Å². The fraction of sp³-hybridized carbons (Fsp3) is 0.900. The van der Waals surface area contributed by atoms with Crippen LogP contribution in [-0.2, 0) is 14.3 Å². The summed E-state index contributed by atoms with van der Waals surface area (Å²) in [4.78, 5) is 11.1. The van der Waals surface area contributed by atoms with E-state index in [1.807, 2.05) is 0 Å². The lowest BCUT2D eigenvalue weighted by molar-refractivity contribution is -0.179. The van der Waals surface area contributed by atoms with E-state index in [-0.39, 0.29) is 19.6 Å². The van der Waals surface area contributed by atoms with Crippen LogP contribution >= 0.6 is 11.6 Å². The van der Waals surface area contributed by atoms with E-state index in [9.17, 15) is 15.0 Å². The molecule has 0 aromatic carbocycles. The molecule has 0 rings (SSSR count). The Hall–Kier alpha value is -0.360. The number of carbonyl (C=O) groups is 1. The third-order valence-electron chi connectivity index (χ3n) is 1.72. The summed E-state index contributed by atoms with van der Waals surface area (Å²) in [5.74, 6) is -1.91. The van der Waals surface area contributed by atoms with Crippen molar-refractivity contribution in [2.24, 2.45) is 0 Å². The first kappa shape index (κ1) is 15.6. The van der Waals surface area contributed by atoms with Gasteiger partial charge >= 0.3 is 5.97 Å². The standard InChI is InChI=1S/C10H19ClO5/c1-4-15-9(13)8(11)7(12)5-6-16-10(2,3)14/h7-8,12,14H,4-6H2,1-3H3. The number of aliphatic hydroxyl groups excluding tert-OH is 1. The van der Waals surface area contributed by atoms with E-state index in [1.54, 1.807) is 6.92 Å². The minimum Gasteiger partial charge on any atom is -0.465 e. The maximum Gasteiger partial charge on any atom is 0.326 e. The molecule has 2 N–H and O–H groups in total. The molecule has 0 radical (unpaired) electrons. The highest BCUT2D eigenvalue weighted by Gasteiger charge is 2.26. The largest absolute Gasteiger partial charge is 0.465 e. The van der Waals surface area contributed by atoms with Crippen molar-refractivity contribution in [1.29, 1.82) is 0 Å². The Morgan fingerprint density at radius 2 is 2.06 bits per heavy atom. The van der Waals surface area contributed by atoms with Crippen molar-refractivity contribution in [3.63, 3.8) is 0 Å². The lowest BCUT2D eigenvalue weighted by atomic mass is 10.2. The Labute approximate surface area is 100 Å². The van der Waals surface area contributed by atoms with Gasteiger partial charge in [0.15, 0.2) is 11.2 Å². The van der Waals surface area contributed by atoms with Crippen LogP contribution in [0.15, 0.2) is 0 Å². The van der Waals surface area contributed by atoms with Crippen molar-refractivity contribution in [3.05, 3.63) is 0 Å². The van der Waals surface area contributed by atoms with Crippen LogP contribution in [0.4, 0.5) is 0 Å². The molecule has 0 aromatic heterocycles. The van der Waals surface area contributed by atoms with Crippen molar-refractivity contribution >= 4 is 17.6 Å². The molecule has 6 heteroatoms. The zero-order valence-electron chi connectivity index (χ0n) is 9.77. The van der Waals surface area contributed by atoms with Gasteiger partial charge in [-0.2, -0.15) is 0 Å². The molecular weight excluding hydrogens is 236 g/mol. The van der Waals surface area contributed by atoms with Crippen LogP contribution in [0.2, 0.25) is 0 Å². The van der Waals surface area contributed by atoms with Crippen LogP contribution in [0.5, 0.6) is 0 Å². The van der Waals surface area contributed by atoms with Crippen LogP contribution in [0, 0.1) is 0 Å². The monoisotopic (exact) mass is 254 g/mol. The van der Waals surface area contributed by atoms with E-state index in [0.29, 0.717) is 0 Å².